The zero-order valence-electron chi connectivity index (χ0n) is 12.7. The Bertz CT molecular complexity index is 470. The molecule has 1 amide bonds. The van der Waals surface area contributed by atoms with E-state index in [2.05, 4.69) is 28.9 Å². The largest absolute Gasteiger partial charge is 0.342 e. The Kier molecular flexibility index (Phi) is 6.24. The summed E-state index contributed by atoms with van der Waals surface area (Å²) in [6.07, 6.45) is 3.80. The zero-order chi connectivity index (χ0) is 15.2. The quantitative estimate of drug-likeness (QED) is 0.884. The number of carbonyl (C=O) groups excluding carboxylic acids is 1. The highest BCUT2D eigenvalue weighted by molar-refractivity contribution is 9.10. The van der Waals surface area contributed by atoms with E-state index in [9.17, 15) is 4.79 Å². The molecule has 1 fully saturated rings. The maximum Gasteiger partial charge on any atom is 0.226 e. The van der Waals surface area contributed by atoms with Gasteiger partial charge in [-0.1, -0.05) is 41.1 Å². The highest BCUT2D eigenvalue weighted by Crippen LogP contribution is 2.24. The Morgan fingerprint density at radius 2 is 2.05 bits per heavy atom. The molecular formula is C17H25BrN2O. The molecule has 0 radical (unpaired) electrons. The van der Waals surface area contributed by atoms with Crippen molar-refractivity contribution in [1.82, 2.24) is 4.90 Å². The fourth-order valence-electron chi connectivity index (χ4n) is 2.98. The number of carbonyl (C=O) groups is 1. The maximum atomic E-state index is 12.7. The van der Waals surface area contributed by atoms with E-state index in [1.54, 1.807) is 0 Å². The van der Waals surface area contributed by atoms with E-state index in [-0.39, 0.29) is 5.92 Å². The number of likely N-dealkylation sites (tertiary alicyclic amines) is 1. The van der Waals surface area contributed by atoms with Gasteiger partial charge in [0, 0.05) is 23.5 Å². The van der Waals surface area contributed by atoms with E-state index in [4.69, 9.17) is 5.73 Å². The van der Waals surface area contributed by atoms with Crippen LogP contribution in [0.3, 0.4) is 0 Å². The van der Waals surface area contributed by atoms with Gasteiger partial charge >= 0.3 is 0 Å². The number of nitrogens with zero attached hydrogens (tertiary/aromatic N) is 1. The molecule has 3 nitrogen and oxygen atoms in total. The molecule has 1 aromatic carbocycles. The Hall–Kier alpha value is -0.870. The van der Waals surface area contributed by atoms with E-state index in [0.717, 1.165) is 49.8 Å². The lowest BCUT2D eigenvalue weighted by atomic mass is 9.92. The lowest BCUT2D eigenvalue weighted by molar-refractivity contribution is -0.137. The number of halogens is 1. The second-order valence-corrected chi connectivity index (χ2v) is 6.76. The molecule has 1 saturated heterocycles. The molecule has 0 bridgehead atoms. The van der Waals surface area contributed by atoms with Gasteiger partial charge in [0.25, 0.3) is 0 Å². The molecule has 21 heavy (non-hydrogen) atoms. The molecular weight excluding hydrogens is 328 g/mol. The third kappa shape index (κ3) is 4.30. The molecule has 1 aromatic rings. The second kappa shape index (κ2) is 7.95. The van der Waals surface area contributed by atoms with Gasteiger partial charge in [0.1, 0.15) is 0 Å². The summed E-state index contributed by atoms with van der Waals surface area (Å²) >= 11 is 3.58. The van der Waals surface area contributed by atoms with E-state index < -0.39 is 0 Å². The Labute approximate surface area is 136 Å². The Morgan fingerprint density at radius 3 is 2.62 bits per heavy atom. The number of hydrogen-bond donors (Lipinski definition) is 1. The van der Waals surface area contributed by atoms with Crippen LogP contribution in [0.4, 0.5) is 0 Å². The van der Waals surface area contributed by atoms with Crippen LogP contribution in [0.25, 0.3) is 0 Å². The van der Waals surface area contributed by atoms with Crippen LogP contribution in [0.5, 0.6) is 0 Å². The molecule has 4 heteroatoms. The van der Waals surface area contributed by atoms with Crippen molar-refractivity contribution in [3.8, 4) is 0 Å². The van der Waals surface area contributed by atoms with Crippen LogP contribution in [-0.4, -0.2) is 30.4 Å². The van der Waals surface area contributed by atoms with Gasteiger partial charge in [0.2, 0.25) is 5.91 Å². The third-order valence-corrected chi connectivity index (χ3v) is 5.30. The normalized spacial score (nSPS) is 17.8. The topological polar surface area (TPSA) is 46.3 Å². The number of nitrogens with two attached hydrogens (primary N) is 1. The minimum atomic E-state index is 0.0816. The highest BCUT2D eigenvalue weighted by atomic mass is 79.9. The van der Waals surface area contributed by atoms with Crippen LogP contribution in [0.15, 0.2) is 28.7 Å². The predicted octanol–water partition coefficient (Wildman–Crippen LogP) is 3.22. The van der Waals surface area contributed by atoms with E-state index in [0.29, 0.717) is 11.8 Å². The van der Waals surface area contributed by atoms with Crippen LogP contribution < -0.4 is 5.73 Å². The molecule has 116 valence electrons. The average molecular weight is 353 g/mol. The summed E-state index contributed by atoms with van der Waals surface area (Å²) in [5, 5.41) is 0. The number of rotatable bonds is 5. The van der Waals surface area contributed by atoms with Crippen molar-refractivity contribution in [3.05, 3.63) is 34.3 Å². The summed E-state index contributed by atoms with van der Waals surface area (Å²) in [5.41, 5.74) is 6.94. The fourth-order valence-corrected chi connectivity index (χ4v) is 3.43. The first-order valence-corrected chi connectivity index (χ1v) is 8.67. The third-order valence-electron chi connectivity index (χ3n) is 4.53. The molecule has 2 N–H and O–H groups in total. The first-order valence-electron chi connectivity index (χ1n) is 7.88. The molecule has 0 aromatic heterocycles. The molecule has 1 unspecified atom stereocenters. The minimum Gasteiger partial charge on any atom is -0.342 e. The first-order chi connectivity index (χ1) is 10.2. The first kappa shape index (κ1) is 16.5. The van der Waals surface area contributed by atoms with Crippen molar-refractivity contribution in [3.63, 3.8) is 0 Å². The SMILES string of the molecule is CCC(Cc1ccccc1Br)C(=O)N1CCC(CN)CC1. The molecule has 1 aliphatic rings. The second-order valence-electron chi connectivity index (χ2n) is 5.91. The van der Waals surface area contributed by atoms with Crippen molar-refractivity contribution in [2.24, 2.45) is 17.6 Å². The lowest BCUT2D eigenvalue weighted by Crippen LogP contribution is -2.43. The van der Waals surface area contributed by atoms with Gasteiger partial charge in [0.15, 0.2) is 0 Å². The summed E-state index contributed by atoms with van der Waals surface area (Å²) in [7, 11) is 0. The van der Waals surface area contributed by atoms with Crippen LogP contribution in [0, 0.1) is 11.8 Å². The van der Waals surface area contributed by atoms with Gasteiger partial charge < -0.3 is 10.6 Å². The van der Waals surface area contributed by atoms with Crippen molar-refractivity contribution in [2.45, 2.75) is 32.6 Å². The number of benzene rings is 1. The highest BCUT2D eigenvalue weighted by Gasteiger charge is 2.27. The summed E-state index contributed by atoms with van der Waals surface area (Å²) in [6.45, 7) is 4.59. The summed E-state index contributed by atoms with van der Waals surface area (Å²) < 4.78 is 1.10. The van der Waals surface area contributed by atoms with Gasteiger partial charge in [-0.15, -0.1) is 0 Å². The van der Waals surface area contributed by atoms with Crippen LogP contribution in [0.1, 0.15) is 31.7 Å². The van der Waals surface area contributed by atoms with Gasteiger partial charge in [-0.2, -0.15) is 0 Å². The Balaban J connectivity index is 1.98. The molecule has 0 aliphatic carbocycles. The molecule has 0 spiro atoms. The van der Waals surface area contributed by atoms with Crippen molar-refractivity contribution < 1.29 is 4.79 Å². The van der Waals surface area contributed by atoms with Crippen LogP contribution >= 0.6 is 15.9 Å². The number of piperidine rings is 1. The molecule has 1 atom stereocenters. The monoisotopic (exact) mass is 352 g/mol. The summed E-state index contributed by atoms with van der Waals surface area (Å²) in [6, 6.07) is 8.18. The lowest BCUT2D eigenvalue weighted by Gasteiger charge is -2.33. The molecule has 2 rings (SSSR count). The number of hydrogen-bond acceptors (Lipinski definition) is 2. The van der Waals surface area contributed by atoms with Crippen molar-refractivity contribution in [2.75, 3.05) is 19.6 Å². The van der Waals surface area contributed by atoms with E-state index in [1.165, 1.54) is 5.56 Å². The van der Waals surface area contributed by atoms with Crippen molar-refractivity contribution >= 4 is 21.8 Å². The van der Waals surface area contributed by atoms with E-state index in [1.807, 2.05) is 23.1 Å². The smallest absolute Gasteiger partial charge is 0.226 e. The van der Waals surface area contributed by atoms with E-state index >= 15 is 0 Å². The fraction of sp³-hybridized carbons (Fsp3) is 0.588. The van der Waals surface area contributed by atoms with Gasteiger partial charge in [0.05, 0.1) is 0 Å². The molecule has 0 saturated carbocycles. The van der Waals surface area contributed by atoms with Gasteiger partial charge in [-0.05, 0) is 49.8 Å². The Morgan fingerprint density at radius 1 is 1.38 bits per heavy atom. The van der Waals surface area contributed by atoms with Gasteiger partial charge in [-0.3, -0.25) is 4.79 Å². The van der Waals surface area contributed by atoms with Crippen LogP contribution in [0.2, 0.25) is 0 Å². The minimum absolute atomic E-state index is 0.0816. The van der Waals surface area contributed by atoms with Crippen LogP contribution in [-0.2, 0) is 11.2 Å². The van der Waals surface area contributed by atoms with Gasteiger partial charge in [-0.25, -0.2) is 0 Å². The standard InChI is InChI=1S/C17H25BrN2O/c1-2-14(11-15-5-3-4-6-16(15)18)17(21)20-9-7-13(12-19)8-10-20/h3-6,13-14H,2,7-12,19H2,1H3. The predicted molar refractivity (Wildman–Crippen MR) is 90.0 cm³/mol. The molecule has 1 heterocycles. The zero-order valence-corrected chi connectivity index (χ0v) is 14.3. The van der Waals surface area contributed by atoms with Crippen molar-refractivity contribution in [1.29, 1.82) is 0 Å². The maximum absolute atomic E-state index is 12.7. The molecule has 1 aliphatic heterocycles. The average Bonchev–Trinajstić information content (AvgIpc) is 2.53. The summed E-state index contributed by atoms with van der Waals surface area (Å²) in [5.74, 6) is 0.985. The summed E-state index contributed by atoms with van der Waals surface area (Å²) in [4.78, 5) is 14.8. The number of amides is 1.